The van der Waals surface area contributed by atoms with Crippen LogP contribution in [0.15, 0.2) is 66.7 Å². The molecule has 0 unspecified atom stereocenters. The third kappa shape index (κ3) is 6.50. The monoisotopic (exact) mass is 470 g/mol. The largest absolute Gasteiger partial charge is 0.352 e. The van der Waals surface area contributed by atoms with Gasteiger partial charge in [-0.3, -0.25) is 9.59 Å². The summed E-state index contributed by atoms with van der Waals surface area (Å²) in [5, 5.41) is 5.64. The van der Waals surface area contributed by atoms with Crippen LogP contribution in [0.5, 0.6) is 0 Å². The Labute approximate surface area is 209 Å². The summed E-state index contributed by atoms with van der Waals surface area (Å²) in [6.45, 7) is 4.51. The summed E-state index contributed by atoms with van der Waals surface area (Å²) in [5.74, 6) is 0.0224. The number of hydrogen-bond acceptors (Lipinski definition) is 2. The van der Waals surface area contributed by atoms with Crippen LogP contribution >= 0.6 is 0 Å². The van der Waals surface area contributed by atoms with Crippen molar-refractivity contribution in [2.24, 2.45) is 0 Å². The number of carbonyl (C=O) groups is 2. The Morgan fingerprint density at radius 2 is 1.66 bits per heavy atom. The SMILES string of the molecule is CC[C@H](C(=O)NC1CCCCC1)N(Cc1ccc(C)cc1)C(=O)CCc1cccc2ccccc12. The van der Waals surface area contributed by atoms with Gasteiger partial charge in [0.1, 0.15) is 6.04 Å². The fourth-order valence-electron chi connectivity index (χ4n) is 5.25. The minimum Gasteiger partial charge on any atom is -0.352 e. The molecule has 0 aliphatic heterocycles. The van der Waals surface area contributed by atoms with E-state index in [1.807, 2.05) is 24.0 Å². The summed E-state index contributed by atoms with van der Waals surface area (Å²) in [5.41, 5.74) is 3.41. The van der Waals surface area contributed by atoms with Crippen LogP contribution < -0.4 is 5.32 Å². The molecule has 3 aromatic carbocycles. The molecule has 35 heavy (non-hydrogen) atoms. The van der Waals surface area contributed by atoms with Crippen molar-refractivity contribution in [2.45, 2.75) is 83.8 Å². The molecule has 1 aliphatic rings. The van der Waals surface area contributed by atoms with E-state index in [-0.39, 0.29) is 17.9 Å². The molecule has 184 valence electrons. The molecule has 3 aromatic rings. The highest BCUT2D eigenvalue weighted by molar-refractivity contribution is 5.89. The highest BCUT2D eigenvalue weighted by atomic mass is 16.2. The second-order valence-corrected chi connectivity index (χ2v) is 9.91. The number of nitrogens with one attached hydrogen (secondary N) is 1. The zero-order valence-electron chi connectivity index (χ0n) is 21.1. The number of carbonyl (C=O) groups excluding carboxylic acids is 2. The zero-order valence-corrected chi connectivity index (χ0v) is 21.1. The van der Waals surface area contributed by atoms with Crippen molar-refractivity contribution in [1.29, 1.82) is 0 Å². The van der Waals surface area contributed by atoms with Crippen LogP contribution in [0.4, 0.5) is 0 Å². The average Bonchev–Trinajstić information content (AvgIpc) is 2.89. The Morgan fingerprint density at radius 3 is 2.40 bits per heavy atom. The maximum atomic E-state index is 13.7. The first-order valence-corrected chi connectivity index (χ1v) is 13.2. The van der Waals surface area contributed by atoms with Crippen LogP contribution in [-0.2, 0) is 22.6 Å². The molecule has 1 N–H and O–H groups in total. The highest BCUT2D eigenvalue weighted by Crippen LogP contribution is 2.22. The maximum absolute atomic E-state index is 13.7. The van der Waals surface area contributed by atoms with Gasteiger partial charge in [-0.25, -0.2) is 0 Å². The number of amides is 2. The highest BCUT2D eigenvalue weighted by Gasteiger charge is 2.30. The molecule has 1 atom stereocenters. The molecule has 0 spiro atoms. The van der Waals surface area contributed by atoms with Gasteiger partial charge in [-0.2, -0.15) is 0 Å². The van der Waals surface area contributed by atoms with Crippen LogP contribution in [0.2, 0.25) is 0 Å². The summed E-state index contributed by atoms with van der Waals surface area (Å²) in [6.07, 6.45) is 7.29. The van der Waals surface area contributed by atoms with Gasteiger partial charge in [0.2, 0.25) is 11.8 Å². The third-order valence-corrected chi connectivity index (χ3v) is 7.30. The number of aryl methyl sites for hydroxylation is 2. The fourth-order valence-corrected chi connectivity index (χ4v) is 5.25. The smallest absolute Gasteiger partial charge is 0.243 e. The Morgan fingerprint density at radius 1 is 0.943 bits per heavy atom. The molecule has 4 nitrogen and oxygen atoms in total. The zero-order chi connectivity index (χ0) is 24.6. The van der Waals surface area contributed by atoms with Gasteiger partial charge < -0.3 is 10.2 Å². The van der Waals surface area contributed by atoms with E-state index in [0.717, 1.165) is 18.4 Å². The maximum Gasteiger partial charge on any atom is 0.243 e. The summed E-state index contributed by atoms with van der Waals surface area (Å²) in [6, 6.07) is 22.6. The molecule has 0 radical (unpaired) electrons. The molecule has 0 saturated heterocycles. The number of nitrogens with zero attached hydrogens (tertiary/aromatic N) is 1. The minimum atomic E-state index is -0.460. The first-order valence-electron chi connectivity index (χ1n) is 13.2. The van der Waals surface area contributed by atoms with Crippen molar-refractivity contribution in [3.63, 3.8) is 0 Å². The predicted octanol–water partition coefficient (Wildman–Crippen LogP) is 6.34. The van der Waals surface area contributed by atoms with Crippen LogP contribution in [0.1, 0.15) is 68.6 Å². The van der Waals surface area contributed by atoms with Gasteiger partial charge in [-0.05, 0) is 54.5 Å². The molecule has 4 heteroatoms. The molecule has 0 aromatic heterocycles. The van der Waals surface area contributed by atoms with Crippen molar-refractivity contribution in [3.8, 4) is 0 Å². The standard InChI is InChI=1S/C31H38N2O2/c1-3-29(31(35)32-27-13-5-4-6-14-27)33(22-24-18-16-23(2)17-19-24)30(34)21-20-26-12-9-11-25-10-7-8-15-28(25)26/h7-12,15-19,27,29H,3-6,13-14,20-22H2,1-2H3,(H,32,35)/t29-/m1/s1. The number of benzene rings is 3. The average molecular weight is 471 g/mol. The van der Waals surface area contributed by atoms with Gasteiger partial charge in [0.25, 0.3) is 0 Å². The number of hydrogen-bond donors (Lipinski definition) is 1. The summed E-state index contributed by atoms with van der Waals surface area (Å²) in [7, 11) is 0. The second kappa shape index (κ2) is 12.0. The van der Waals surface area contributed by atoms with Gasteiger partial charge in [-0.15, -0.1) is 0 Å². The fraction of sp³-hybridized carbons (Fsp3) is 0.419. The van der Waals surface area contributed by atoms with E-state index in [1.54, 1.807) is 0 Å². The van der Waals surface area contributed by atoms with E-state index in [0.29, 0.717) is 25.8 Å². The predicted molar refractivity (Wildman–Crippen MR) is 143 cm³/mol. The van der Waals surface area contributed by atoms with E-state index < -0.39 is 6.04 Å². The van der Waals surface area contributed by atoms with Gasteiger partial charge >= 0.3 is 0 Å². The Kier molecular flexibility index (Phi) is 8.57. The topological polar surface area (TPSA) is 49.4 Å². The van der Waals surface area contributed by atoms with Gasteiger partial charge in [0.05, 0.1) is 0 Å². The van der Waals surface area contributed by atoms with Crippen molar-refractivity contribution < 1.29 is 9.59 Å². The first kappa shape index (κ1) is 25.0. The van der Waals surface area contributed by atoms with Crippen molar-refractivity contribution in [2.75, 3.05) is 0 Å². The Bertz CT molecular complexity index is 1130. The van der Waals surface area contributed by atoms with E-state index in [1.165, 1.54) is 41.2 Å². The lowest BCUT2D eigenvalue weighted by Crippen LogP contribution is -2.51. The van der Waals surface area contributed by atoms with E-state index in [4.69, 9.17) is 0 Å². The summed E-state index contributed by atoms with van der Waals surface area (Å²) < 4.78 is 0. The second-order valence-electron chi connectivity index (χ2n) is 9.91. The molecule has 1 fully saturated rings. The van der Waals surface area contributed by atoms with Crippen LogP contribution in [0.25, 0.3) is 10.8 Å². The molecule has 1 saturated carbocycles. The van der Waals surface area contributed by atoms with Crippen molar-refractivity contribution >= 4 is 22.6 Å². The molecule has 1 aliphatic carbocycles. The van der Waals surface area contributed by atoms with Gasteiger partial charge in [0, 0.05) is 19.0 Å². The van der Waals surface area contributed by atoms with E-state index in [9.17, 15) is 9.59 Å². The normalized spacial score (nSPS) is 15.0. The molecule has 4 rings (SSSR count). The first-order chi connectivity index (χ1) is 17.0. The van der Waals surface area contributed by atoms with E-state index >= 15 is 0 Å². The molecular weight excluding hydrogens is 432 g/mol. The third-order valence-electron chi connectivity index (χ3n) is 7.30. The van der Waals surface area contributed by atoms with Crippen LogP contribution in [0.3, 0.4) is 0 Å². The summed E-state index contributed by atoms with van der Waals surface area (Å²) in [4.78, 5) is 28.9. The van der Waals surface area contributed by atoms with Crippen molar-refractivity contribution in [3.05, 3.63) is 83.4 Å². The number of rotatable bonds is 9. The molecular formula is C31H38N2O2. The Hall–Kier alpha value is -3.14. The Balaban J connectivity index is 1.52. The van der Waals surface area contributed by atoms with Gasteiger partial charge in [0.15, 0.2) is 0 Å². The lowest BCUT2D eigenvalue weighted by atomic mass is 9.95. The van der Waals surface area contributed by atoms with Crippen LogP contribution in [-0.4, -0.2) is 28.8 Å². The lowest BCUT2D eigenvalue weighted by Gasteiger charge is -2.33. The molecule has 0 heterocycles. The molecule has 2 amide bonds. The summed E-state index contributed by atoms with van der Waals surface area (Å²) >= 11 is 0. The lowest BCUT2D eigenvalue weighted by molar-refractivity contribution is -0.141. The number of fused-ring (bicyclic) bond motifs is 1. The quantitative estimate of drug-likeness (QED) is 0.397. The van der Waals surface area contributed by atoms with Crippen molar-refractivity contribution in [1.82, 2.24) is 10.2 Å². The van der Waals surface area contributed by atoms with Gasteiger partial charge in [-0.1, -0.05) is 98.5 Å². The minimum absolute atomic E-state index is 0.00924. The van der Waals surface area contributed by atoms with Crippen LogP contribution in [0, 0.1) is 6.92 Å². The van der Waals surface area contributed by atoms with E-state index in [2.05, 4.69) is 66.8 Å². The molecule has 0 bridgehead atoms.